The minimum atomic E-state index is -0.109. The number of anilines is 1. The molecule has 0 aliphatic carbocycles. The van der Waals surface area contributed by atoms with E-state index in [0.29, 0.717) is 13.1 Å². The van der Waals surface area contributed by atoms with Gasteiger partial charge >= 0.3 is 0 Å². The number of carbonyl (C=O) groups excluding carboxylic acids is 1. The molecule has 0 atom stereocenters. The van der Waals surface area contributed by atoms with Crippen LogP contribution in [0.5, 0.6) is 0 Å². The Morgan fingerprint density at radius 2 is 1.88 bits per heavy atom. The molecule has 1 saturated heterocycles. The largest absolute Gasteiger partial charge is 0.368 e. The van der Waals surface area contributed by atoms with Crippen molar-refractivity contribution in [3.8, 4) is 0 Å². The highest BCUT2D eigenvalue weighted by molar-refractivity contribution is 5.78. The van der Waals surface area contributed by atoms with E-state index in [9.17, 15) is 9.59 Å². The predicted molar refractivity (Wildman–Crippen MR) is 101 cm³/mol. The lowest BCUT2D eigenvalue weighted by Gasteiger charge is -2.35. The third-order valence-electron chi connectivity index (χ3n) is 4.64. The van der Waals surface area contributed by atoms with Crippen LogP contribution in [0.25, 0.3) is 0 Å². The molecule has 138 valence electrons. The second-order valence-corrected chi connectivity index (χ2v) is 6.52. The van der Waals surface area contributed by atoms with Crippen LogP contribution in [-0.4, -0.2) is 59.9 Å². The van der Waals surface area contributed by atoms with Crippen molar-refractivity contribution in [1.29, 1.82) is 0 Å². The van der Waals surface area contributed by atoms with E-state index in [0.717, 1.165) is 38.3 Å². The molecule has 7 heteroatoms. The highest BCUT2D eigenvalue weighted by atomic mass is 16.2. The molecule has 3 rings (SSSR count). The van der Waals surface area contributed by atoms with E-state index >= 15 is 0 Å². The number of hydrogen-bond donors (Lipinski definition) is 1. The maximum absolute atomic E-state index is 12.1. The summed E-state index contributed by atoms with van der Waals surface area (Å²) in [5.41, 5.74) is 1.96. The van der Waals surface area contributed by atoms with Crippen molar-refractivity contribution in [2.75, 3.05) is 44.2 Å². The monoisotopic (exact) mass is 355 g/mol. The van der Waals surface area contributed by atoms with Gasteiger partial charge in [0, 0.05) is 45.8 Å². The van der Waals surface area contributed by atoms with Crippen molar-refractivity contribution in [1.82, 2.24) is 20.0 Å². The Morgan fingerprint density at radius 3 is 2.58 bits per heavy atom. The Kier molecular flexibility index (Phi) is 6.01. The van der Waals surface area contributed by atoms with E-state index in [1.807, 2.05) is 18.2 Å². The summed E-state index contributed by atoms with van der Waals surface area (Å²) in [6.45, 7) is 4.22. The zero-order valence-corrected chi connectivity index (χ0v) is 15.1. The summed E-state index contributed by atoms with van der Waals surface area (Å²) < 4.78 is 1.32. The molecule has 1 aromatic carbocycles. The van der Waals surface area contributed by atoms with Crippen LogP contribution in [-0.2, 0) is 18.3 Å². The molecule has 1 aliphatic heterocycles. The Bertz CT molecular complexity index is 782. The third-order valence-corrected chi connectivity index (χ3v) is 4.64. The maximum Gasteiger partial charge on any atom is 0.268 e. The van der Waals surface area contributed by atoms with Gasteiger partial charge in [-0.25, -0.2) is 4.68 Å². The molecule has 1 aromatic heterocycles. The van der Waals surface area contributed by atoms with Crippen LogP contribution in [0.3, 0.4) is 0 Å². The lowest BCUT2D eigenvalue weighted by atomic mass is 10.1. The first-order valence-electron chi connectivity index (χ1n) is 8.93. The maximum atomic E-state index is 12.1. The number of nitrogens with zero attached hydrogens (tertiary/aromatic N) is 4. The molecule has 0 saturated carbocycles. The number of aryl methyl sites for hydroxylation is 1. The van der Waals surface area contributed by atoms with E-state index in [-0.39, 0.29) is 11.5 Å². The first-order chi connectivity index (χ1) is 12.6. The molecule has 1 amide bonds. The number of nitrogens with one attached hydrogen (secondary N) is 1. The topological polar surface area (TPSA) is 70.5 Å². The number of piperazine rings is 1. The number of carbonyl (C=O) groups is 1. The lowest BCUT2D eigenvalue weighted by molar-refractivity contribution is -0.122. The summed E-state index contributed by atoms with van der Waals surface area (Å²) in [4.78, 5) is 28.1. The summed E-state index contributed by atoms with van der Waals surface area (Å²) in [5.74, 6) is 0.0598. The highest BCUT2D eigenvalue weighted by Gasteiger charge is 2.19. The zero-order chi connectivity index (χ0) is 18.4. The third kappa shape index (κ3) is 4.92. The molecule has 7 nitrogen and oxygen atoms in total. The number of amides is 1. The van der Waals surface area contributed by atoms with Gasteiger partial charge in [0.1, 0.15) is 0 Å². The zero-order valence-electron chi connectivity index (χ0n) is 15.1. The van der Waals surface area contributed by atoms with Crippen molar-refractivity contribution in [3.63, 3.8) is 0 Å². The standard InChI is InChI=1S/C19H25N5O2/c1-22-19(26)13-17(14-21-22)24-11-9-23(10-12-24)15-18(25)20-8-7-16-5-3-2-4-6-16/h2-6,13-14H,7-12,15H2,1H3,(H,20,25). The van der Waals surface area contributed by atoms with Crippen LogP contribution >= 0.6 is 0 Å². The highest BCUT2D eigenvalue weighted by Crippen LogP contribution is 2.12. The van der Waals surface area contributed by atoms with Gasteiger partial charge in [-0.1, -0.05) is 30.3 Å². The average Bonchev–Trinajstić information content (AvgIpc) is 2.65. The Morgan fingerprint density at radius 1 is 1.15 bits per heavy atom. The molecule has 0 spiro atoms. The van der Waals surface area contributed by atoms with Gasteiger partial charge in [-0.15, -0.1) is 0 Å². The van der Waals surface area contributed by atoms with E-state index in [1.54, 1.807) is 19.3 Å². The second-order valence-electron chi connectivity index (χ2n) is 6.52. The first kappa shape index (κ1) is 18.1. The molecular formula is C19H25N5O2. The van der Waals surface area contributed by atoms with Crippen LogP contribution in [0.1, 0.15) is 5.56 Å². The number of rotatable bonds is 6. The average molecular weight is 355 g/mol. The number of aromatic nitrogens is 2. The van der Waals surface area contributed by atoms with Gasteiger partial charge in [-0.05, 0) is 12.0 Å². The molecule has 0 bridgehead atoms. The summed E-state index contributed by atoms with van der Waals surface area (Å²) in [6, 6.07) is 11.8. The molecular weight excluding hydrogens is 330 g/mol. The molecule has 26 heavy (non-hydrogen) atoms. The smallest absolute Gasteiger partial charge is 0.268 e. The number of hydrogen-bond acceptors (Lipinski definition) is 5. The molecule has 0 radical (unpaired) electrons. The quantitative estimate of drug-likeness (QED) is 0.805. The molecule has 1 fully saturated rings. The van der Waals surface area contributed by atoms with Crippen molar-refractivity contribution >= 4 is 11.6 Å². The fraction of sp³-hybridized carbons (Fsp3) is 0.421. The van der Waals surface area contributed by atoms with Crippen LogP contribution in [0.15, 0.2) is 47.4 Å². The summed E-state index contributed by atoms with van der Waals surface area (Å²) >= 11 is 0. The van der Waals surface area contributed by atoms with E-state index < -0.39 is 0 Å². The van der Waals surface area contributed by atoms with E-state index in [1.165, 1.54) is 10.2 Å². The summed E-state index contributed by atoms with van der Waals surface area (Å²) in [5, 5.41) is 7.05. The number of benzene rings is 1. The Balaban J connectivity index is 1.40. The first-order valence-corrected chi connectivity index (χ1v) is 8.93. The Labute approximate surface area is 153 Å². The SMILES string of the molecule is Cn1ncc(N2CCN(CC(=O)NCCc3ccccc3)CC2)cc1=O. The van der Waals surface area contributed by atoms with Gasteiger partial charge in [0.05, 0.1) is 18.4 Å². The van der Waals surface area contributed by atoms with E-state index in [4.69, 9.17) is 0 Å². The van der Waals surface area contributed by atoms with Gasteiger partial charge in [0.15, 0.2) is 0 Å². The van der Waals surface area contributed by atoms with E-state index in [2.05, 4.69) is 32.3 Å². The minimum absolute atomic E-state index is 0.0598. The van der Waals surface area contributed by atoms with Crippen molar-refractivity contribution in [2.45, 2.75) is 6.42 Å². The second kappa shape index (κ2) is 8.62. The minimum Gasteiger partial charge on any atom is -0.368 e. The summed E-state index contributed by atoms with van der Waals surface area (Å²) in [7, 11) is 1.64. The predicted octanol–water partition coefficient (Wildman–Crippen LogP) is 0.261. The van der Waals surface area contributed by atoms with Crippen molar-refractivity contribution in [2.24, 2.45) is 7.05 Å². The lowest BCUT2D eigenvalue weighted by Crippen LogP contribution is -2.50. The van der Waals surface area contributed by atoms with Gasteiger partial charge < -0.3 is 10.2 Å². The fourth-order valence-electron chi connectivity index (χ4n) is 3.05. The van der Waals surface area contributed by atoms with Crippen LogP contribution in [0, 0.1) is 0 Å². The molecule has 0 unspecified atom stereocenters. The van der Waals surface area contributed by atoms with Crippen LogP contribution in [0.2, 0.25) is 0 Å². The van der Waals surface area contributed by atoms with Gasteiger partial charge in [0.2, 0.25) is 5.91 Å². The van der Waals surface area contributed by atoms with Gasteiger partial charge in [-0.2, -0.15) is 5.10 Å². The van der Waals surface area contributed by atoms with Crippen LogP contribution in [0.4, 0.5) is 5.69 Å². The summed E-state index contributed by atoms with van der Waals surface area (Å²) in [6.07, 6.45) is 2.56. The molecule has 2 heterocycles. The fourth-order valence-corrected chi connectivity index (χ4v) is 3.05. The van der Waals surface area contributed by atoms with Gasteiger partial charge in [0.25, 0.3) is 5.56 Å². The van der Waals surface area contributed by atoms with Crippen LogP contribution < -0.4 is 15.8 Å². The van der Waals surface area contributed by atoms with Crippen molar-refractivity contribution in [3.05, 3.63) is 58.5 Å². The van der Waals surface area contributed by atoms with Crippen molar-refractivity contribution < 1.29 is 4.79 Å². The normalized spacial score (nSPS) is 15.0. The molecule has 2 aromatic rings. The molecule has 1 N–H and O–H groups in total. The molecule has 1 aliphatic rings. The van der Waals surface area contributed by atoms with Gasteiger partial charge in [-0.3, -0.25) is 14.5 Å². The Hall–Kier alpha value is -2.67.